The zero-order valence-electron chi connectivity index (χ0n) is 22.8. The van der Waals surface area contributed by atoms with Gasteiger partial charge in [-0.3, -0.25) is 9.59 Å². The lowest BCUT2D eigenvalue weighted by Gasteiger charge is -2.40. The molecule has 226 valence electrons. The predicted octanol–water partition coefficient (Wildman–Crippen LogP) is 3.77. The summed E-state index contributed by atoms with van der Waals surface area (Å²) in [4.78, 5) is 24.2. The number of benzene rings is 1. The minimum absolute atomic E-state index is 0. The largest absolute Gasteiger partial charge is 0.416 e. The molecule has 14 heteroatoms. The van der Waals surface area contributed by atoms with E-state index in [1.54, 1.807) is 0 Å². The predicted molar refractivity (Wildman–Crippen MR) is 142 cm³/mol. The van der Waals surface area contributed by atoms with E-state index >= 15 is 0 Å². The van der Waals surface area contributed by atoms with Crippen molar-refractivity contribution in [3.8, 4) is 6.07 Å². The maximum Gasteiger partial charge on any atom is 0.416 e. The summed E-state index contributed by atoms with van der Waals surface area (Å²) in [6.45, 7) is 7.04. The minimum Gasteiger partial charge on any atom is -0.354 e. The second kappa shape index (κ2) is 15.3. The third kappa shape index (κ3) is 9.14. The van der Waals surface area contributed by atoms with Crippen molar-refractivity contribution in [1.82, 2.24) is 18.8 Å². The molecule has 0 unspecified atom stereocenters. The van der Waals surface area contributed by atoms with Crippen molar-refractivity contribution in [2.24, 2.45) is 11.8 Å². The Morgan fingerprint density at radius 2 is 1.75 bits per heavy atom. The molecule has 0 saturated carbocycles. The van der Waals surface area contributed by atoms with Crippen LogP contribution in [-0.4, -0.2) is 73.5 Å². The maximum absolute atomic E-state index is 13.0. The number of carbonyl (C=O) groups excluding carboxylic acids is 2. The second-order valence-corrected chi connectivity index (χ2v) is 11.8. The summed E-state index contributed by atoms with van der Waals surface area (Å²) in [7, 11) is -3.51. The summed E-state index contributed by atoms with van der Waals surface area (Å²) in [6.07, 6.45) is 0.614. The second-order valence-electron chi connectivity index (χ2n) is 9.89. The molecule has 3 heterocycles. The van der Waals surface area contributed by atoms with Crippen LogP contribution in [-0.2, 0) is 32.5 Å². The topological polar surface area (TPSA) is 114 Å². The molecule has 0 radical (unpaired) electrons. The van der Waals surface area contributed by atoms with Crippen LogP contribution in [0.2, 0.25) is 0 Å². The van der Waals surface area contributed by atoms with E-state index in [2.05, 4.69) is 25.2 Å². The lowest BCUT2D eigenvalue weighted by Crippen LogP contribution is -2.57. The SMILES string of the molecule is CCC.N#CC1CN(S(=O)(=O)N2CCC[C@H](C(=O)N3CCCC3)C2)C1.O=CNCc1ccc(C(F)(F)F)cc1F.[HH]. The molecule has 3 aliphatic rings. The van der Waals surface area contributed by atoms with Gasteiger partial charge in [0.05, 0.1) is 23.5 Å². The van der Waals surface area contributed by atoms with Gasteiger partial charge in [0.1, 0.15) is 5.82 Å². The van der Waals surface area contributed by atoms with Gasteiger partial charge in [0.25, 0.3) is 10.2 Å². The van der Waals surface area contributed by atoms with E-state index in [-0.39, 0.29) is 50.9 Å². The van der Waals surface area contributed by atoms with Crippen LogP contribution in [0.3, 0.4) is 0 Å². The average Bonchev–Trinajstić information content (AvgIpc) is 3.42. The monoisotopic (exact) mass is 593 g/mol. The van der Waals surface area contributed by atoms with E-state index in [9.17, 15) is 35.6 Å². The van der Waals surface area contributed by atoms with Gasteiger partial charge in [0, 0.05) is 52.8 Å². The van der Waals surface area contributed by atoms with Crippen molar-refractivity contribution >= 4 is 22.5 Å². The van der Waals surface area contributed by atoms with Gasteiger partial charge < -0.3 is 10.2 Å². The zero-order chi connectivity index (χ0) is 29.9. The Hall–Kier alpha value is -2.76. The highest BCUT2D eigenvalue weighted by Crippen LogP contribution is 2.30. The molecule has 0 spiro atoms. The van der Waals surface area contributed by atoms with Crippen molar-refractivity contribution in [2.45, 2.75) is 58.7 Å². The number of nitrogens with one attached hydrogen (secondary N) is 1. The molecule has 1 atom stereocenters. The first-order valence-electron chi connectivity index (χ1n) is 13.3. The molecule has 1 N–H and O–H groups in total. The highest BCUT2D eigenvalue weighted by molar-refractivity contribution is 7.86. The summed E-state index contributed by atoms with van der Waals surface area (Å²) in [5.74, 6) is -1.29. The molecule has 1 aromatic rings. The smallest absolute Gasteiger partial charge is 0.354 e. The first kappa shape index (κ1) is 33.4. The van der Waals surface area contributed by atoms with Crippen molar-refractivity contribution in [1.29, 1.82) is 5.26 Å². The number of hydrogen-bond acceptors (Lipinski definition) is 5. The number of nitrogens with zero attached hydrogens (tertiary/aromatic N) is 4. The summed E-state index contributed by atoms with van der Waals surface area (Å²) < 4.78 is 77.2. The molecule has 9 nitrogen and oxygen atoms in total. The van der Waals surface area contributed by atoms with Crippen LogP contribution >= 0.6 is 0 Å². The molecule has 3 saturated heterocycles. The molecular weight excluding hydrogens is 554 g/mol. The number of carbonyl (C=O) groups is 2. The van der Waals surface area contributed by atoms with Crippen molar-refractivity contribution in [3.63, 3.8) is 0 Å². The molecule has 0 aliphatic carbocycles. The van der Waals surface area contributed by atoms with Crippen LogP contribution in [0.15, 0.2) is 18.2 Å². The number of nitriles is 1. The van der Waals surface area contributed by atoms with E-state index in [1.807, 2.05) is 4.90 Å². The minimum atomic E-state index is -4.56. The number of likely N-dealkylation sites (tertiary alicyclic amines) is 1. The Morgan fingerprint density at radius 3 is 2.27 bits per heavy atom. The highest BCUT2D eigenvalue weighted by atomic mass is 32.2. The Kier molecular flexibility index (Phi) is 12.8. The van der Waals surface area contributed by atoms with Gasteiger partial charge in [-0.1, -0.05) is 26.3 Å². The number of hydrogen-bond donors (Lipinski definition) is 1. The first-order valence-corrected chi connectivity index (χ1v) is 14.7. The van der Waals surface area contributed by atoms with Crippen molar-refractivity contribution in [2.75, 3.05) is 39.3 Å². The molecule has 0 bridgehead atoms. The van der Waals surface area contributed by atoms with Crippen molar-refractivity contribution < 1.29 is 37.0 Å². The van der Waals surface area contributed by atoms with E-state index in [0.29, 0.717) is 19.0 Å². The summed E-state index contributed by atoms with van der Waals surface area (Å²) in [5, 5.41) is 10.9. The number of piperidine rings is 1. The molecule has 3 aliphatic heterocycles. The van der Waals surface area contributed by atoms with Gasteiger partial charge in [-0.05, 0) is 37.8 Å². The van der Waals surface area contributed by atoms with Crippen LogP contribution < -0.4 is 5.32 Å². The summed E-state index contributed by atoms with van der Waals surface area (Å²) >= 11 is 0. The number of rotatable bonds is 6. The third-order valence-electron chi connectivity index (χ3n) is 6.59. The summed E-state index contributed by atoms with van der Waals surface area (Å²) in [5.41, 5.74) is -1.04. The first-order chi connectivity index (χ1) is 18.9. The highest BCUT2D eigenvalue weighted by Gasteiger charge is 2.42. The Bertz CT molecular complexity index is 1140. The normalized spacial score (nSPS) is 20.2. The lowest BCUT2D eigenvalue weighted by molar-refractivity contribution is -0.138. The van der Waals surface area contributed by atoms with Gasteiger partial charge in [-0.25, -0.2) is 4.39 Å². The van der Waals surface area contributed by atoms with Crippen LogP contribution in [0.5, 0.6) is 0 Å². The van der Waals surface area contributed by atoms with E-state index < -0.39 is 27.8 Å². The average molecular weight is 594 g/mol. The fourth-order valence-electron chi connectivity index (χ4n) is 4.44. The van der Waals surface area contributed by atoms with E-state index in [0.717, 1.165) is 50.9 Å². The molecule has 3 fully saturated rings. The van der Waals surface area contributed by atoms with Gasteiger partial charge in [0.15, 0.2) is 0 Å². The van der Waals surface area contributed by atoms with Gasteiger partial charge in [-0.15, -0.1) is 0 Å². The van der Waals surface area contributed by atoms with Gasteiger partial charge in [-0.2, -0.15) is 35.5 Å². The Balaban J connectivity index is 0.000000388. The van der Waals surface area contributed by atoms with Gasteiger partial charge in [0.2, 0.25) is 12.3 Å². The zero-order valence-corrected chi connectivity index (χ0v) is 23.6. The molecule has 4 rings (SSSR count). The Morgan fingerprint density at radius 1 is 1.12 bits per heavy atom. The van der Waals surface area contributed by atoms with Crippen LogP contribution in [0.1, 0.15) is 58.5 Å². The Labute approximate surface area is 234 Å². The van der Waals surface area contributed by atoms with Crippen LogP contribution in [0.4, 0.5) is 17.6 Å². The van der Waals surface area contributed by atoms with Crippen molar-refractivity contribution in [3.05, 3.63) is 35.1 Å². The lowest BCUT2D eigenvalue weighted by atomic mass is 9.98. The van der Waals surface area contributed by atoms with E-state index in [4.69, 9.17) is 5.26 Å². The third-order valence-corrected chi connectivity index (χ3v) is 8.53. The van der Waals surface area contributed by atoms with E-state index in [1.165, 1.54) is 15.0 Å². The van der Waals surface area contributed by atoms with Crippen LogP contribution in [0.25, 0.3) is 0 Å². The maximum atomic E-state index is 13.0. The number of halogens is 4. The summed E-state index contributed by atoms with van der Waals surface area (Å²) in [6, 6.07) is 4.25. The standard InChI is InChI=1S/C14H22N4O3S.C9H7F4NO.C3H8.H2/c15-8-12-9-18(10-12)22(20,21)17-7-3-4-13(11-17)14(19)16-5-1-2-6-16;10-8-3-7(9(11,12)13)2-1-6(8)4-14-5-15;1-3-2;/h12-13H,1-7,9-11H2;1-3,5H,4H2,(H,14,15);3H2,1-2H3;1H/t13-;;;/m0.../s1. The number of amides is 2. The molecular formula is C26H39F4N5O4S. The van der Waals surface area contributed by atoms with Crippen LogP contribution in [0, 0.1) is 29.0 Å². The molecule has 1 aromatic carbocycles. The van der Waals surface area contributed by atoms with Gasteiger partial charge >= 0.3 is 6.18 Å². The number of alkyl halides is 3. The molecule has 2 amide bonds. The fourth-order valence-corrected chi connectivity index (χ4v) is 6.23. The fraction of sp³-hybridized carbons (Fsp3) is 0.654. The molecule has 40 heavy (non-hydrogen) atoms. The quantitative estimate of drug-likeness (QED) is 0.399. The molecule has 0 aromatic heterocycles.